The van der Waals surface area contributed by atoms with Gasteiger partial charge in [0.05, 0.1) is 42.9 Å². The Bertz CT molecular complexity index is 1140. The fourth-order valence-electron chi connectivity index (χ4n) is 4.11. The number of nitriles is 1. The Morgan fingerprint density at radius 2 is 1.94 bits per heavy atom. The van der Waals surface area contributed by atoms with Gasteiger partial charge >= 0.3 is 0 Å². The van der Waals surface area contributed by atoms with Crippen molar-refractivity contribution in [3.05, 3.63) is 48.0 Å². The van der Waals surface area contributed by atoms with Crippen LogP contribution < -0.4 is 9.46 Å². The SMILES string of the molecule is CCn1c(-c2ccc(NS(=O)CCN3CCOCC3)cc2)c(C#N)c2ccc(OC)cc21. The van der Waals surface area contributed by atoms with Gasteiger partial charge in [-0.2, -0.15) is 5.26 Å². The number of ether oxygens (including phenoxy) is 2. The van der Waals surface area contributed by atoms with Crippen LogP contribution in [0.1, 0.15) is 12.5 Å². The van der Waals surface area contributed by atoms with E-state index in [2.05, 4.69) is 27.2 Å². The third kappa shape index (κ3) is 4.65. The van der Waals surface area contributed by atoms with Gasteiger partial charge in [-0.05, 0) is 36.8 Å². The Morgan fingerprint density at radius 1 is 1.19 bits per heavy atom. The Hall–Kier alpha value is -2.86. The molecule has 1 saturated heterocycles. The van der Waals surface area contributed by atoms with E-state index < -0.39 is 11.0 Å². The fraction of sp³-hybridized carbons (Fsp3) is 0.375. The molecule has 3 aromatic rings. The molecule has 0 aliphatic carbocycles. The van der Waals surface area contributed by atoms with Gasteiger partial charge in [-0.25, -0.2) is 4.21 Å². The number of fused-ring (bicyclic) bond motifs is 1. The van der Waals surface area contributed by atoms with Crippen molar-refractivity contribution in [3.63, 3.8) is 0 Å². The standard InChI is InChI=1S/C24H28N4O3S/c1-3-28-23-16-20(30-2)8-9-21(23)22(17-25)24(28)18-4-6-19(7-5-18)26-32(29)15-12-27-10-13-31-14-11-27/h4-9,16,26H,3,10-15H2,1-2H3. The van der Waals surface area contributed by atoms with E-state index in [1.165, 1.54) is 0 Å². The molecule has 2 aromatic carbocycles. The van der Waals surface area contributed by atoms with Gasteiger partial charge in [-0.15, -0.1) is 0 Å². The average molecular weight is 453 g/mol. The highest BCUT2D eigenvalue weighted by Crippen LogP contribution is 2.35. The minimum absolute atomic E-state index is 0.562. The van der Waals surface area contributed by atoms with E-state index in [0.717, 1.165) is 73.0 Å². The summed E-state index contributed by atoms with van der Waals surface area (Å²) in [5.74, 6) is 1.33. The van der Waals surface area contributed by atoms with Crippen molar-refractivity contribution < 1.29 is 13.7 Å². The van der Waals surface area contributed by atoms with Crippen molar-refractivity contribution in [3.8, 4) is 23.1 Å². The van der Waals surface area contributed by atoms with Crippen molar-refractivity contribution in [1.29, 1.82) is 5.26 Å². The minimum Gasteiger partial charge on any atom is -0.497 e. The zero-order chi connectivity index (χ0) is 22.5. The summed E-state index contributed by atoms with van der Waals surface area (Å²) in [6.07, 6.45) is 0. The first-order chi connectivity index (χ1) is 15.6. The third-order valence-electron chi connectivity index (χ3n) is 5.79. The summed E-state index contributed by atoms with van der Waals surface area (Å²) in [4.78, 5) is 2.27. The largest absolute Gasteiger partial charge is 0.497 e. The molecular weight excluding hydrogens is 424 g/mol. The first-order valence-corrected chi connectivity index (χ1v) is 12.1. The van der Waals surface area contributed by atoms with Gasteiger partial charge in [0, 0.05) is 43.3 Å². The summed E-state index contributed by atoms with van der Waals surface area (Å²) in [5.41, 5.74) is 4.26. The molecular formula is C24H28N4O3S. The normalized spacial score (nSPS) is 15.4. The number of benzene rings is 2. The molecule has 0 spiro atoms. The van der Waals surface area contributed by atoms with Crippen LogP contribution in [0.4, 0.5) is 5.69 Å². The Kier molecular flexibility index (Phi) is 7.10. The van der Waals surface area contributed by atoms with Crippen LogP contribution in [0.5, 0.6) is 5.75 Å². The zero-order valence-electron chi connectivity index (χ0n) is 18.5. The van der Waals surface area contributed by atoms with Gasteiger partial charge in [-0.3, -0.25) is 4.90 Å². The minimum atomic E-state index is -1.16. The number of anilines is 1. The van der Waals surface area contributed by atoms with Crippen LogP contribution in [0.25, 0.3) is 22.2 Å². The topological polar surface area (TPSA) is 79.5 Å². The zero-order valence-corrected chi connectivity index (χ0v) is 19.3. The molecule has 1 fully saturated rings. The van der Waals surface area contributed by atoms with E-state index in [-0.39, 0.29) is 0 Å². The van der Waals surface area contributed by atoms with Crippen molar-refractivity contribution >= 4 is 27.6 Å². The second kappa shape index (κ2) is 10.2. The lowest BCUT2D eigenvalue weighted by atomic mass is 10.1. The van der Waals surface area contributed by atoms with E-state index in [1.54, 1.807) is 7.11 Å². The molecule has 1 aromatic heterocycles. The lowest BCUT2D eigenvalue weighted by Crippen LogP contribution is -2.38. The summed E-state index contributed by atoms with van der Waals surface area (Å²) in [6.45, 7) is 6.85. The van der Waals surface area contributed by atoms with Crippen molar-refractivity contribution in [1.82, 2.24) is 9.47 Å². The lowest BCUT2D eigenvalue weighted by Gasteiger charge is -2.26. The third-order valence-corrected chi connectivity index (χ3v) is 6.80. The lowest BCUT2D eigenvalue weighted by molar-refractivity contribution is 0.0409. The number of aryl methyl sites for hydroxylation is 1. The number of hydrogen-bond acceptors (Lipinski definition) is 5. The molecule has 2 heterocycles. The van der Waals surface area contributed by atoms with Gasteiger partial charge in [-0.1, -0.05) is 12.1 Å². The number of hydrogen-bond donors (Lipinski definition) is 1. The molecule has 168 valence electrons. The summed E-state index contributed by atoms with van der Waals surface area (Å²) in [7, 11) is 0.486. The molecule has 8 heteroatoms. The summed E-state index contributed by atoms with van der Waals surface area (Å²) >= 11 is 0. The second-order valence-corrected chi connectivity index (χ2v) is 8.95. The monoisotopic (exact) mass is 452 g/mol. The van der Waals surface area contributed by atoms with Crippen LogP contribution in [0, 0.1) is 11.3 Å². The highest BCUT2D eigenvalue weighted by molar-refractivity contribution is 7.86. The first kappa shape index (κ1) is 22.3. The molecule has 32 heavy (non-hydrogen) atoms. The molecule has 1 aliphatic rings. The number of rotatable bonds is 8. The van der Waals surface area contributed by atoms with E-state index in [9.17, 15) is 9.47 Å². The number of nitrogens with zero attached hydrogens (tertiary/aromatic N) is 3. The summed E-state index contributed by atoms with van der Waals surface area (Å²) in [6, 6.07) is 16.0. The van der Waals surface area contributed by atoms with E-state index in [0.29, 0.717) is 11.3 Å². The Labute approximate surface area is 191 Å². The fourth-order valence-corrected chi connectivity index (χ4v) is 5.04. The highest BCUT2D eigenvalue weighted by Gasteiger charge is 2.18. The number of aromatic nitrogens is 1. The van der Waals surface area contributed by atoms with Crippen molar-refractivity contribution in [2.75, 3.05) is 50.4 Å². The quantitative estimate of drug-likeness (QED) is 0.565. The van der Waals surface area contributed by atoms with E-state index in [4.69, 9.17) is 9.47 Å². The molecule has 0 bridgehead atoms. The number of methoxy groups -OCH3 is 1. The van der Waals surface area contributed by atoms with Gasteiger partial charge in [0.15, 0.2) is 0 Å². The smallest absolute Gasteiger partial charge is 0.120 e. The highest BCUT2D eigenvalue weighted by atomic mass is 32.2. The average Bonchev–Trinajstić information content (AvgIpc) is 3.16. The molecule has 4 rings (SSSR count). The molecule has 1 aliphatic heterocycles. The predicted octanol–water partition coefficient (Wildman–Crippen LogP) is 3.62. The van der Waals surface area contributed by atoms with Crippen molar-refractivity contribution in [2.24, 2.45) is 0 Å². The molecule has 1 unspecified atom stereocenters. The van der Waals surface area contributed by atoms with Crippen LogP contribution in [0.3, 0.4) is 0 Å². The number of morpholine rings is 1. The second-order valence-electron chi connectivity index (χ2n) is 7.65. The maximum Gasteiger partial charge on any atom is 0.120 e. The van der Waals surface area contributed by atoms with Crippen molar-refractivity contribution in [2.45, 2.75) is 13.5 Å². The maximum absolute atomic E-state index is 12.5. The van der Waals surface area contributed by atoms with E-state index >= 15 is 0 Å². The molecule has 1 N–H and O–H groups in total. The molecule has 1 atom stereocenters. The molecule has 0 radical (unpaired) electrons. The predicted molar refractivity (Wildman–Crippen MR) is 128 cm³/mol. The van der Waals surface area contributed by atoms with Gasteiger partial charge < -0.3 is 18.8 Å². The molecule has 7 nitrogen and oxygen atoms in total. The summed E-state index contributed by atoms with van der Waals surface area (Å²) in [5, 5.41) is 10.8. The van der Waals surface area contributed by atoms with Crippen LogP contribution >= 0.6 is 0 Å². The van der Waals surface area contributed by atoms with Crippen LogP contribution in [-0.2, 0) is 22.3 Å². The van der Waals surface area contributed by atoms with Gasteiger partial charge in [0.25, 0.3) is 0 Å². The first-order valence-electron chi connectivity index (χ1n) is 10.8. The van der Waals surface area contributed by atoms with Crippen LogP contribution in [-0.4, -0.2) is 59.4 Å². The Balaban J connectivity index is 1.53. The maximum atomic E-state index is 12.5. The van der Waals surface area contributed by atoms with Crippen LogP contribution in [0.15, 0.2) is 42.5 Å². The van der Waals surface area contributed by atoms with E-state index in [1.807, 2.05) is 42.5 Å². The molecule has 0 saturated carbocycles. The van der Waals surface area contributed by atoms with Gasteiger partial charge in [0.1, 0.15) is 22.8 Å². The Morgan fingerprint density at radius 3 is 2.59 bits per heavy atom. The van der Waals surface area contributed by atoms with Crippen LogP contribution in [0.2, 0.25) is 0 Å². The number of nitrogens with one attached hydrogen (secondary N) is 1. The molecule has 0 amide bonds. The summed E-state index contributed by atoms with van der Waals surface area (Å²) < 4.78 is 28.4. The van der Waals surface area contributed by atoms with Gasteiger partial charge in [0.2, 0.25) is 0 Å².